The average molecular weight is 720 g/mol. The first kappa shape index (κ1) is 48.2. The number of carbonyl (C=O) groups excluding carboxylic acids is 1. The zero-order valence-electron chi connectivity index (χ0n) is 31.8. The van der Waals surface area contributed by atoms with Gasteiger partial charge in [0.15, 0.2) is 0 Å². The molecule has 0 aliphatic carbocycles. The maximum Gasteiger partial charge on any atom is 0.472 e. The van der Waals surface area contributed by atoms with Crippen molar-refractivity contribution in [2.45, 2.75) is 199 Å². The summed E-state index contributed by atoms with van der Waals surface area (Å²) in [6, 6.07) is 0. The summed E-state index contributed by atoms with van der Waals surface area (Å²) in [5.41, 5.74) is 5.35. The van der Waals surface area contributed by atoms with Gasteiger partial charge in [-0.15, -0.1) is 0 Å². The molecule has 292 valence electrons. The van der Waals surface area contributed by atoms with Crippen LogP contribution in [0, 0.1) is 0 Å². The number of unbranched alkanes of at least 4 members (excludes halogenated alkanes) is 21. The van der Waals surface area contributed by atoms with Gasteiger partial charge in [-0.25, -0.2) is 4.57 Å². The number of allylic oxidation sites excluding steroid dienone is 1. The predicted octanol–water partition coefficient (Wildman–Crippen LogP) is 10.5. The number of phosphoric ester groups is 1. The second-order valence-electron chi connectivity index (χ2n) is 13.7. The number of hydrogen-bond donors (Lipinski definition) is 3. The number of ether oxygens (including phenoxy) is 2. The van der Waals surface area contributed by atoms with Crippen LogP contribution >= 0.6 is 7.82 Å². The Hall–Kier alpha value is -0.800. The molecule has 0 bridgehead atoms. The first-order chi connectivity index (χ1) is 23.8. The number of nitrogens with two attached hydrogens (primary N) is 1. The molecule has 49 heavy (non-hydrogen) atoms. The standard InChI is InChI=1S/C39H78NO8P/c1-3-5-7-9-11-12-13-14-15-16-17-20-24-28-33-45-35-38(36-47-49(43,44)46-34-32-40)48-39(42)31-27-23-19-18-22-26-30-37(41)29-25-21-10-8-6-4-2/h21,25,37-38,41H,3-20,22-24,26-36,40H2,1-2H3,(H,43,44)/b25-21+. The minimum atomic E-state index is -4.29. The topological polar surface area (TPSA) is 138 Å². The molecule has 0 aromatic rings. The van der Waals surface area contributed by atoms with Gasteiger partial charge in [0.1, 0.15) is 6.10 Å². The molecular weight excluding hydrogens is 641 g/mol. The lowest BCUT2D eigenvalue weighted by molar-refractivity contribution is -0.154. The third kappa shape index (κ3) is 36.8. The molecule has 0 aromatic carbocycles. The Labute approximate surface area is 301 Å². The zero-order valence-corrected chi connectivity index (χ0v) is 32.7. The predicted molar refractivity (Wildman–Crippen MR) is 203 cm³/mol. The van der Waals surface area contributed by atoms with Gasteiger partial charge in [0.05, 0.1) is 25.9 Å². The van der Waals surface area contributed by atoms with E-state index in [1.54, 1.807) is 0 Å². The zero-order chi connectivity index (χ0) is 36.1. The molecule has 4 N–H and O–H groups in total. The van der Waals surface area contributed by atoms with E-state index in [1.807, 2.05) is 0 Å². The summed E-state index contributed by atoms with van der Waals surface area (Å²) in [5.74, 6) is -0.366. The molecule has 10 heteroatoms. The lowest BCUT2D eigenvalue weighted by atomic mass is 10.0. The molecule has 9 nitrogen and oxygen atoms in total. The van der Waals surface area contributed by atoms with Crippen LogP contribution in [0.5, 0.6) is 0 Å². The third-order valence-corrected chi connectivity index (χ3v) is 9.74. The van der Waals surface area contributed by atoms with Crippen LogP contribution in [0.1, 0.15) is 187 Å². The second-order valence-corrected chi connectivity index (χ2v) is 15.1. The van der Waals surface area contributed by atoms with Crippen molar-refractivity contribution >= 4 is 13.8 Å². The van der Waals surface area contributed by atoms with E-state index in [-0.39, 0.29) is 44.9 Å². The van der Waals surface area contributed by atoms with Gasteiger partial charge in [0, 0.05) is 19.6 Å². The molecule has 0 heterocycles. The van der Waals surface area contributed by atoms with E-state index < -0.39 is 13.9 Å². The Bertz CT molecular complexity index is 784. The first-order valence-corrected chi connectivity index (χ1v) is 21.8. The highest BCUT2D eigenvalue weighted by atomic mass is 31.2. The van der Waals surface area contributed by atoms with E-state index in [1.165, 1.54) is 96.3 Å². The molecule has 0 spiro atoms. The summed E-state index contributed by atoms with van der Waals surface area (Å²) in [6.07, 6.45) is 33.8. The number of carbonyl (C=O) groups is 1. The molecule has 0 rings (SSSR count). The van der Waals surface area contributed by atoms with E-state index in [0.717, 1.165) is 70.6 Å². The average Bonchev–Trinajstić information content (AvgIpc) is 3.08. The molecule has 3 unspecified atom stereocenters. The number of aliphatic hydroxyl groups excluding tert-OH is 1. The van der Waals surface area contributed by atoms with Crippen LogP contribution in [0.25, 0.3) is 0 Å². The monoisotopic (exact) mass is 720 g/mol. The van der Waals surface area contributed by atoms with Crippen molar-refractivity contribution < 1.29 is 37.9 Å². The summed E-state index contributed by atoms with van der Waals surface area (Å²) in [4.78, 5) is 22.4. The summed E-state index contributed by atoms with van der Waals surface area (Å²) in [7, 11) is -4.29. The van der Waals surface area contributed by atoms with Crippen LogP contribution in [0.3, 0.4) is 0 Å². The number of phosphoric acid groups is 1. The lowest BCUT2D eigenvalue weighted by Crippen LogP contribution is -2.28. The minimum Gasteiger partial charge on any atom is -0.457 e. The highest BCUT2D eigenvalue weighted by Gasteiger charge is 2.25. The Morgan fingerprint density at radius 2 is 1.20 bits per heavy atom. The van der Waals surface area contributed by atoms with E-state index in [0.29, 0.717) is 6.61 Å². The van der Waals surface area contributed by atoms with E-state index in [4.69, 9.17) is 24.3 Å². The second kappa shape index (κ2) is 37.0. The van der Waals surface area contributed by atoms with Crippen molar-refractivity contribution in [3.8, 4) is 0 Å². The molecule has 0 radical (unpaired) electrons. The molecular formula is C39H78NO8P. The van der Waals surface area contributed by atoms with Crippen molar-refractivity contribution in [3.63, 3.8) is 0 Å². The highest BCUT2D eigenvalue weighted by molar-refractivity contribution is 7.47. The molecule has 0 aliphatic heterocycles. The Balaban J connectivity index is 4.10. The molecule has 3 atom stereocenters. The molecule has 0 aromatic heterocycles. The van der Waals surface area contributed by atoms with Crippen molar-refractivity contribution in [1.29, 1.82) is 0 Å². The molecule has 0 aliphatic rings. The van der Waals surface area contributed by atoms with Crippen molar-refractivity contribution in [1.82, 2.24) is 0 Å². The fourth-order valence-corrected chi connectivity index (χ4v) is 6.48. The van der Waals surface area contributed by atoms with Gasteiger partial charge in [-0.1, -0.05) is 154 Å². The first-order valence-electron chi connectivity index (χ1n) is 20.3. The molecule has 0 saturated carbocycles. The smallest absolute Gasteiger partial charge is 0.457 e. The van der Waals surface area contributed by atoms with Crippen LogP contribution in [0.4, 0.5) is 0 Å². The van der Waals surface area contributed by atoms with E-state index in [2.05, 4.69) is 26.0 Å². The van der Waals surface area contributed by atoms with Crippen LogP contribution in [-0.2, 0) is 27.9 Å². The summed E-state index contributed by atoms with van der Waals surface area (Å²) in [6.45, 7) is 4.80. The normalized spacial score (nSPS) is 14.3. The Kier molecular flexibility index (Phi) is 36.4. The Morgan fingerprint density at radius 1 is 0.673 bits per heavy atom. The summed E-state index contributed by atoms with van der Waals surface area (Å²) in [5, 5.41) is 10.2. The molecule has 0 fully saturated rings. The third-order valence-electron chi connectivity index (χ3n) is 8.76. The summed E-state index contributed by atoms with van der Waals surface area (Å²) < 4.78 is 33.3. The van der Waals surface area contributed by atoms with Crippen molar-refractivity contribution in [3.05, 3.63) is 12.2 Å². The number of hydrogen-bond acceptors (Lipinski definition) is 8. The van der Waals surface area contributed by atoms with Gasteiger partial charge in [-0.3, -0.25) is 13.8 Å². The largest absolute Gasteiger partial charge is 0.472 e. The maximum atomic E-state index is 12.5. The maximum absolute atomic E-state index is 12.5. The fourth-order valence-electron chi connectivity index (χ4n) is 5.71. The minimum absolute atomic E-state index is 0.0907. The van der Waals surface area contributed by atoms with Gasteiger partial charge < -0.3 is 25.2 Å². The SMILES string of the molecule is CCCCC/C=C/CC(O)CCCCCCCCC(=O)OC(COCCCCCCCCCCCCCCCC)COP(=O)(O)OCCN. The van der Waals surface area contributed by atoms with Gasteiger partial charge in [-0.2, -0.15) is 0 Å². The quantitative estimate of drug-likeness (QED) is 0.0245. The van der Waals surface area contributed by atoms with Crippen molar-refractivity contribution in [2.24, 2.45) is 5.73 Å². The van der Waals surface area contributed by atoms with Crippen LogP contribution < -0.4 is 5.73 Å². The van der Waals surface area contributed by atoms with Gasteiger partial charge in [0.25, 0.3) is 0 Å². The van der Waals surface area contributed by atoms with E-state index >= 15 is 0 Å². The van der Waals surface area contributed by atoms with E-state index in [9.17, 15) is 19.4 Å². The fraction of sp³-hybridized carbons (Fsp3) is 0.923. The van der Waals surface area contributed by atoms with Gasteiger partial charge in [0.2, 0.25) is 0 Å². The lowest BCUT2D eigenvalue weighted by Gasteiger charge is -2.20. The highest BCUT2D eigenvalue weighted by Crippen LogP contribution is 2.43. The van der Waals surface area contributed by atoms with Gasteiger partial charge in [-0.05, 0) is 38.5 Å². The van der Waals surface area contributed by atoms with Crippen LogP contribution in [-0.4, -0.2) is 61.1 Å². The van der Waals surface area contributed by atoms with Gasteiger partial charge >= 0.3 is 13.8 Å². The van der Waals surface area contributed by atoms with Crippen LogP contribution in [0.2, 0.25) is 0 Å². The van der Waals surface area contributed by atoms with Crippen LogP contribution in [0.15, 0.2) is 12.2 Å². The molecule has 0 saturated heterocycles. The summed E-state index contributed by atoms with van der Waals surface area (Å²) >= 11 is 0. The Morgan fingerprint density at radius 3 is 1.80 bits per heavy atom. The number of esters is 1. The molecule has 0 amide bonds. The number of aliphatic hydroxyl groups is 1. The van der Waals surface area contributed by atoms with Crippen molar-refractivity contribution in [2.75, 3.05) is 33.0 Å². The number of rotatable bonds is 39.